The van der Waals surface area contributed by atoms with E-state index in [1.165, 1.54) is 36.1 Å². The number of ether oxygens (including phenoxy) is 2. The number of nitrogens with zero attached hydrogens (tertiary/aromatic N) is 2. The van der Waals surface area contributed by atoms with Crippen molar-refractivity contribution in [2.45, 2.75) is 45.1 Å². The van der Waals surface area contributed by atoms with E-state index in [0.717, 1.165) is 5.56 Å². The maximum atomic E-state index is 12.8. The molecule has 1 aliphatic rings. The summed E-state index contributed by atoms with van der Waals surface area (Å²) in [6, 6.07) is 12.9. The van der Waals surface area contributed by atoms with Crippen LogP contribution >= 0.6 is 0 Å². The van der Waals surface area contributed by atoms with Gasteiger partial charge in [0.15, 0.2) is 0 Å². The van der Waals surface area contributed by atoms with Crippen LogP contribution in [0.5, 0.6) is 0 Å². The van der Waals surface area contributed by atoms with Crippen molar-refractivity contribution < 1.29 is 33.6 Å². The molecule has 12 heteroatoms. The Labute approximate surface area is 213 Å². The second kappa shape index (κ2) is 13.0. The van der Waals surface area contributed by atoms with Gasteiger partial charge in [-0.25, -0.2) is 9.59 Å². The van der Waals surface area contributed by atoms with Crippen LogP contribution in [0.15, 0.2) is 54.6 Å². The molecule has 0 spiro atoms. The summed E-state index contributed by atoms with van der Waals surface area (Å²) in [5, 5.41) is 15.7. The first-order chi connectivity index (χ1) is 17.7. The van der Waals surface area contributed by atoms with Gasteiger partial charge < -0.3 is 25.0 Å². The Bertz CT molecular complexity index is 1120. The molecule has 2 aromatic carbocycles. The second-order valence-corrected chi connectivity index (χ2v) is 8.42. The number of hydrogen-bond acceptors (Lipinski definition) is 8. The minimum atomic E-state index is -0.978. The number of nitrogens with one attached hydrogen (secondary N) is 2. The second-order valence-electron chi connectivity index (χ2n) is 8.42. The van der Waals surface area contributed by atoms with Crippen molar-refractivity contribution in [1.82, 2.24) is 15.5 Å². The monoisotopic (exact) mass is 512 g/mol. The number of carbonyl (C=O) groups is 4. The number of amides is 3. The normalized spacial score (nSPS) is 15.4. The van der Waals surface area contributed by atoms with E-state index in [-0.39, 0.29) is 25.4 Å². The molecule has 2 unspecified atom stereocenters. The van der Waals surface area contributed by atoms with Crippen molar-refractivity contribution in [3.63, 3.8) is 0 Å². The number of nitro groups is 1. The van der Waals surface area contributed by atoms with Gasteiger partial charge in [-0.1, -0.05) is 30.3 Å². The third-order valence-electron chi connectivity index (χ3n) is 5.71. The summed E-state index contributed by atoms with van der Waals surface area (Å²) in [4.78, 5) is 61.2. The molecule has 2 atom stereocenters. The van der Waals surface area contributed by atoms with Crippen LogP contribution in [0.2, 0.25) is 0 Å². The summed E-state index contributed by atoms with van der Waals surface area (Å²) in [6.07, 6.45) is 0.267. The van der Waals surface area contributed by atoms with Gasteiger partial charge in [0.25, 0.3) is 5.69 Å². The maximum absolute atomic E-state index is 12.8. The van der Waals surface area contributed by atoms with Crippen LogP contribution in [0.25, 0.3) is 0 Å². The maximum Gasteiger partial charge on any atom is 0.407 e. The van der Waals surface area contributed by atoms with Crippen molar-refractivity contribution in [2.24, 2.45) is 0 Å². The summed E-state index contributed by atoms with van der Waals surface area (Å²) in [5.41, 5.74) is 1.28. The van der Waals surface area contributed by atoms with E-state index in [1.807, 2.05) is 18.2 Å². The van der Waals surface area contributed by atoms with Gasteiger partial charge in [0.1, 0.15) is 31.8 Å². The average Bonchev–Trinajstić information content (AvgIpc) is 3.40. The lowest BCUT2D eigenvalue weighted by atomic mass is 10.2. The molecule has 0 saturated carbocycles. The smallest absolute Gasteiger partial charge is 0.407 e. The van der Waals surface area contributed by atoms with E-state index in [2.05, 4.69) is 10.6 Å². The van der Waals surface area contributed by atoms with Gasteiger partial charge in [0, 0.05) is 18.7 Å². The third-order valence-corrected chi connectivity index (χ3v) is 5.71. The number of benzene rings is 2. The van der Waals surface area contributed by atoms with E-state index < -0.39 is 40.9 Å². The molecule has 0 aliphatic carbocycles. The van der Waals surface area contributed by atoms with E-state index in [1.54, 1.807) is 12.1 Å². The van der Waals surface area contributed by atoms with Gasteiger partial charge in [-0.15, -0.1) is 0 Å². The quantitative estimate of drug-likeness (QED) is 0.278. The van der Waals surface area contributed by atoms with Crippen LogP contribution in [0.3, 0.4) is 0 Å². The first kappa shape index (κ1) is 27.1. The number of rotatable bonds is 10. The highest BCUT2D eigenvalue weighted by molar-refractivity contribution is 5.92. The Kier molecular flexibility index (Phi) is 9.53. The molecule has 0 aromatic heterocycles. The highest BCUT2D eigenvalue weighted by atomic mass is 16.6. The molecule has 37 heavy (non-hydrogen) atoms. The lowest BCUT2D eigenvalue weighted by Gasteiger charge is -2.25. The fraction of sp³-hybridized carbons (Fsp3) is 0.360. The van der Waals surface area contributed by atoms with Crippen molar-refractivity contribution >= 4 is 29.6 Å². The van der Waals surface area contributed by atoms with Gasteiger partial charge in [-0.3, -0.25) is 19.7 Å². The third kappa shape index (κ3) is 8.02. The summed E-state index contributed by atoms with van der Waals surface area (Å²) in [6.45, 7) is 1.42. The highest BCUT2D eigenvalue weighted by Gasteiger charge is 2.35. The van der Waals surface area contributed by atoms with E-state index >= 15 is 0 Å². The van der Waals surface area contributed by atoms with Crippen molar-refractivity contribution in [1.29, 1.82) is 0 Å². The zero-order valence-electron chi connectivity index (χ0n) is 20.3. The van der Waals surface area contributed by atoms with Gasteiger partial charge in [-0.2, -0.15) is 0 Å². The van der Waals surface area contributed by atoms with E-state index in [9.17, 15) is 29.3 Å². The lowest BCUT2D eigenvalue weighted by Crippen LogP contribution is -2.52. The molecule has 2 N–H and O–H groups in total. The SMILES string of the molecule is CC(NC(=O)C1CCCN1C(=O)CNC(=O)OCc1ccccc1)C(=O)OCc1ccc([N+](=O)[O-])cc1. The van der Waals surface area contributed by atoms with Crippen LogP contribution in [0.1, 0.15) is 30.9 Å². The fourth-order valence-corrected chi connectivity index (χ4v) is 3.72. The highest BCUT2D eigenvalue weighted by Crippen LogP contribution is 2.18. The van der Waals surface area contributed by atoms with Crippen molar-refractivity contribution in [3.05, 3.63) is 75.8 Å². The molecule has 3 amide bonds. The average molecular weight is 513 g/mol. The predicted molar refractivity (Wildman–Crippen MR) is 130 cm³/mol. The number of carbonyl (C=O) groups excluding carboxylic acids is 4. The topological polar surface area (TPSA) is 157 Å². The Morgan fingerprint density at radius 1 is 1.03 bits per heavy atom. The molecule has 3 rings (SSSR count). The van der Waals surface area contributed by atoms with Crippen LogP contribution in [-0.2, 0) is 37.1 Å². The summed E-state index contributed by atoms with van der Waals surface area (Å²) < 4.78 is 10.3. The molecule has 2 aromatic rings. The summed E-state index contributed by atoms with van der Waals surface area (Å²) >= 11 is 0. The largest absolute Gasteiger partial charge is 0.459 e. The van der Waals surface area contributed by atoms with Crippen molar-refractivity contribution in [2.75, 3.05) is 13.1 Å². The molecule has 12 nitrogen and oxygen atoms in total. The van der Waals surface area contributed by atoms with E-state index in [0.29, 0.717) is 24.9 Å². The van der Waals surface area contributed by atoms with Crippen LogP contribution < -0.4 is 10.6 Å². The number of esters is 1. The molecule has 1 heterocycles. The summed E-state index contributed by atoms with van der Waals surface area (Å²) in [5.74, 6) is -1.63. The number of nitro benzene ring substituents is 1. The molecule has 196 valence electrons. The number of likely N-dealkylation sites (tertiary alicyclic amines) is 1. The molecule has 0 radical (unpaired) electrons. The molecule has 1 fully saturated rings. The molecule has 1 aliphatic heterocycles. The van der Waals surface area contributed by atoms with Crippen LogP contribution in [-0.4, -0.2) is 58.9 Å². The molecule has 0 bridgehead atoms. The number of non-ortho nitro benzene ring substituents is 1. The molecular weight excluding hydrogens is 484 g/mol. The minimum Gasteiger partial charge on any atom is -0.459 e. The predicted octanol–water partition coefficient (Wildman–Crippen LogP) is 2.06. The Balaban J connectivity index is 1.42. The Hall–Kier alpha value is -4.48. The van der Waals surface area contributed by atoms with Crippen LogP contribution in [0, 0.1) is 10.1 Å². The number of alkyl carbamates (subject to hydrolysis) is 1. The molecule has 1 saturated heterocycles. The van der Waals surface area contributed by atoms with Crippen LogP contribution in [0.4, 0.5) is 10.5 Å². The van der Waals surface area contributed by atoms with Gasteiger partial charge in [0.2, 0.25) is 11.8 Å². The van der Waals surface area contributed by atoms with Crippen molar-refractivity contribution in [3.8, 4) is 0 Å². The minimum absolute atomic E-state index is 0.0633. The van der Waals surface area contributed by atoms with E-state index in [4.69, 9.17) is 9.47 Å². The molecular formula is C25H28N4O8. The van der Waals surface area contributed by atoms with Gasteiger partial charge >= 0.3 is 12.1 Å². The Morgan fingerprint density at radius 3 is 2.35 bits per heavy atom. The summed E-state index contributed by atoms with van der Waals surface area (Å²) in [7, 11) is 0. The van der Waals surface area contributed by atoms with Gasteiger partial charge in [0.05, 0.1) is 4.92 Å². The first-order valence-corrected chi connectivity index (χ1v) is 11.7. The zero-order chi connectivity index (χ0) is 26.8. The first-order valence-electron chi connectivity index (χ1n) is 11.7. The van der Waals surface area contributed by atoms with Gasteiger partial charge in [-0.05, 0) is 43.0 Å². The number of hydrogen-bond donors (Lipinski definition) is 2. The standard InChI is InChI=1S/C25H28N4O8/c1-17(24(32)36-15-19-9-11-20(12-10-19)29(34)35)27-23(31)21-8-5-13-28(21)22(30)14-26-25(33)37-16-18-6-3-2-4-7-18/h2-4,6-7,9-12,17,21H,5,8,13-16H2,1H3,(H,26,33)(H,27,31). The Morgan fingerprint density at radius 2 is 1.68 bits per heavy atom. The zero-order valence-corrected chi connectivity index (χ0v) is 20.3. The fourth-order valence-electron chi connectivity index (χ4n) is 3.72. The lowest BCUT2D eigenvalue weighted by molar-refractivity contribution is -0.384.